The third kappa shape index (κ3) is 4.09. The van der Waals surface area contributed by atoms with Crippen molar-refractivity contribution in [3.8, 4) is 0 Å². The molecule has 2 aliphatic carbocycles. The van der Waals surface area contributed by atoms with Crippen LogP contribution in [-0.4, -0.2) is 53.3 Å². The molecule has 6 rings (SSSR count). The summed E-state index contributed by atoms with van der Waals surface area (Å²) in [5, 5.41) is 4.15. The van der Waals surface area contributed by atoms with Gasteiger partial charge in [0.05, 0.1) is 33.6 Å². The number of amides is 1. The van der Waals surface area contributed by atoms with Crippen molar-refractivity contribution in [1.82, 2.24) is 15.3 Å². The highest BCUT2D eigenvalue weighted by molar-refractivity contribution is 7.29. The largest absolute Gasteiger partial charge is 0.396 e. The number of anilines is 2. The van der Waals surface area contributed by atoms with Crippen molar-refractivity contribution in [3.63, 3.8) is 0 Å². The number of hydrogen-bond donors (Lipinski definition) is 3. The van der Waals surface area contributed by atoms with Crippen molar-refractivity contribution in [2.24, 2.45) is 5.73 Å². The van der Waals surface area contributed by atoms with Crippen LogP contribution in [0.5, 0.6) is 0 Å². The van der Waals surface area contributed by atoms with Crippen molar-refractivity contribution in [2.45, 2.75) is 63.3 Å². The number of thiazole rings is 1. The predicted octanol–water partition coefficient (Wildman–Crippen LogP) is 2.63. The Kier molecular flexibility index (Phi) is 5.28. The molecule has 4 heterocycles. The normalized spacial score (nSPS) is 24.9. The lowest BCUT2D eigenvalue weighted by Crippen LogP contribution is -2.39. The van der Waals surface area contributed by atoms with Gasteiger partial charge in [-0.2, -0.15) is 0 Å². The Morgan fingerprint density at radius 2 is 2.06 bits per heavy atom. The van der Waals surface area contributed by atoms with Crippen LogP contribution in [0.15, 0.2) is 12.1 Å². The van der Waals surface area contributed by atoms with Gasteiger partial charge in [-0.15, -0.1) is 22.7 Å². The Bertz CT molecular complexity index is 1220. The number of rotatable bonds is 5. The van der Waals surface area contributed by atoms with E-state index in [1.807, 2.05) is 6.92 Å². The molecule has 0 spiro atoms. The number of nitrogens with zero attached hydrogens (tertiary/aromatic N) is 3. The van der Waals surface area contributed by atoms with Crippen molar-refractivity contribution in [2.75, 3.05) is 23.7 Å². The Hall–Kier alpha value is -2.27. The summed E-state index contributed by atoms with van der Waals surface area (Å²) in [6.07, 6.45) is 5.29. The Labute approximate surface area is 200 Å². The van der Waals surface area contributed by atoms with Crippen molar-refractivity contribution in [1.29, 1.82) is 0 Å². The summed E-state index contributed by atoms with van der Waals surface area (Å²) in [6.45, 7) is 3.53. The lowest BCUT2D eigenvalue weighted by atomic mass is 9.91. The summed E-state index contributed by atoms with van der Waals surface area (Å²) >= 11 is 2.91. The van der Waals surface area contributed by atoms with E-state index in [0.717, 1.165) is 71.2 Å². The van der Waals surface area contributed by atoms with Crippen LogP contribution >= 0.6 is 22.7 Å². The maximum absolute atomic E-state index is 12.9. The molecule has 3 atom stereocenters. The number of thiophene rings is 1. The highest BCUT2D eigenvalue weighted by atomic mass is 32.1. The Balaban J connectivity index is 1.11. The van der Waals surface area contributed by atoms with Crippen LogP contribution < -0.4 is 21.7 Å². The van der Waals surface area contributed by atoms with E-state index in [1.54, 1.807) is 0 Å². The number of aryl methyl sites for hydroxylation is 2. The van der Waals surface area contributed by atoms with Gasteiger partial charge in [-0.1, -0.05) is 6.07 Å². The van der Waals surface area contributed by atoms with Crippen LogP contribution in [0.25, 0.3) is 9.53 Å². The fraction of sp³-hybridized carbons (Fsp3) is 0.522. The number of fused-ring (bicyclic) bond motifs is 2. The van der Waals surface area contributed by atoms with E-state index in [0.29, 0.717) is 16.7 Å². The molecule has 33 heavy (non-hydrogen) atoms. The monoisotopic (exact) mass is 484 g/mol. The average molecular weight is 485 g/mol. The first-order valence-electron chi connectivity index (χ1n) is 11.6. The number of nitrogens with two attached hydrogens (primary N) is 2. The minimum atomic E-state index is -0.105. The molecule has 0 bridgehead atoms. The van der Waals surface area contributed by atoms with Gasteiger partial charge in [0.1, 0.15) is 15.5 Å². The summed E-state index contributed by atoms with van der Waals surface area (Å²) in [4.78, 5) is 26.0. The van der Waals surface area contributed by atoms with Gasteiger partial charge < -0.3 is 26.4 Å². The van der Waals surface area contributed by atoms with Gasteiger partial charge in [-0.3, -0.25) is 4.79 Å². The lowest BCUT2D eigenvalue weighted by Gasteiger charge is -2.26. The van der Waals surface area contributed by atoms with E-state index in [1.165, 1.54) is 28.2 Å². The van der Waals surface area contributed by atoms with Gasteiger partial charge in [0.2, 0.25) is 0 Å². The predicted molar refractivity (Wildman–Crippen MR) is 132 cm³/mol. The number of carbonyl (C=O) groups excluding carboxylic acids is 1. The summed E-state index contributed by atoms with van der Waals surface area (Å²) in [5.74, 6) is 0.869. The minimum absolute atomic E-state index is 0.0297. The average Bonchev–Trinajstić information content (AvgIpc) is 3.32. The first-order chi connectivity index (χ1) is 15.9. The molecular weight excluding hydrogens is 456 g/mol. The third-order valence-corrected chi connectivity index (χ3v) is 8.94. The fourth-order valence-electron chi connectivity index (χ4n) is 4.80. The van der Waals surface area contributed by atoms with Crippen molar-refractivity contribution >= 4 is 49.6 Å². The number of aromatic nitrogens is 2. The van der Waals surface area contributed by atoms with Crippen molar-refractivity contribution in [3.05, 3.63) is 33.3 Å². The second-order valence-electron chi connectivity index (χ2n) is 9.34. The molecule has 0 aromatic carbocycles. The molecule has 3 unspecified atom stereocenters. The number of ether oxygens (including phenoxy) is 1. The first-order valence-corrected chi connectivity index (χ1v) is 13.2. The summed E-state index contributed by atoms with van der Waals surface area (Å²) in [7, 11) is 0. The molecule has 1 saturated heterocycles. The standard InChI is InChI=1S/C23H28N6O2S2/c1-11-26-23-21(32-11)19(25)20(33-23)22(30)27-13-3-6-16-12(8-13)2-7-18(28-16)29-9-15(24)17(10-29)31-14-4-5-14/h2,7,13-15,17H,3-6,8-10,24-25H2,1H3,(H,27,30). The molecule has 10 heteroatoms. The highest BCUT2D eigenvalue weighted by Crippen LogP contribution is 2.37. The van der Waals surface area contributed by atoms with Crippen LogP contribution in [0.4, 0.5) is 11.5 Å². The second-order valence-corrected chi connectivity index (χ2v) is 11.5. The van der Waals surface area contributed by atoms with Crippen molar-refractivity contribution < 1.29 is 9.53 Å². The molecule has 2 fully saturated rings. The number of hydrogen-bond acceptors (Lipinski definition) is 9. The van der Waals surface area contributed by atoms with Crippen LogP contribution in [0, 0.1) is 6.92 Å². The zero-order chi connectivity index (χ0) is 22.7. The van der Waals surface area contributed by atoms with E-state index in [4.69, 9.17) is 21.2 Å². The molecule has 3 aromatic heterocycles. The zero-order valence-electron chi connectivity index (χ0n) is 18.5. The lowest BCUT2D eigenvalue weighted by molar-refractivity contribution is 0.0449. The summed E-state index contributed by atoms with van der Waals surface area (Å²) in [6, 6.07) is 4.33. The van der Waals surface area contributed by atoms with E-state index in [-0.39, 0.29) is 24.1 Å². The Morgan fingerprint density at radius 1 is 1.21 bits per heavy atom. The van der Waals surface area contributed by atoms with Gasteiger partial charge in [-0.25, -0.2) is 9.97 Å². The number of pyridine rings is 1. The van der Waals surface area contributed by atoms with Gasteiger partial charge in [-0.05, 0) is 50.7 Å². The molecular formula is C23H28N6O2S2. The fourth-order valence-corrected chi connectivity index (χ4v) is 6.89. The van der Waals surface area contributed by atoms with Crippen LogP contribution in [0.2, 0.25) is 0 Å². The maximum atomic E-state index is 12.9. The summed E-state index contributed by atoms with van der Waals surface area (Å²) in [5.41, 5.74) is 15.4. The molecule has 0 radical (unpaired) electrons. The smallest absolute Gasteiger partial charge is 0.263 e. The van der Waals surface area contributed by atoms with Crippen LogP contribution in [-0.2, 0) is 17.6 Å². The highest BCUT2D eigenvalue weighted by Gasteiger charge is 2.36. The molecule has 1 saturated carbocycles. The molecule has 1 aliphatic heterocycles. The number of nitrogens with one attached hydrogen (secondary N) is 1. The molecule has 174 valence electrons. The molecule has 8 nitrogen and oxygen atoms in total. The van der Waals surface area contributed by atoms with Gasteiger partial charge >= 0.3 is 0 Å². The summed E-state index contributed by atoms with van der Waals surface area (Å²) < 4.78 is 6.99. The first kappa shape index (κ1) is 21.3. The van der Waals surface area contributed by atoms with E-state index >= 15 is 0 Å². The molecule has 1 amide bonds. The molecule has 5 N–H and O–H groups in total. The maximum Gasteiger partial charge on any atom is 0.263 e. The Morgan fingerprint density at radius 3 is 2.85 bits per heavy atom. The molecule has 3 aliphatic rings. The molecule has 3 aromatic rings. The minimum Gasteiger partial charge on any atom is -0.396 e. The second kappa shape index (κ2) is 8.19. The number of nitrogen functional groups attached to an aromatic ring is 1. The van der Waals surface area contributed by atoms with Crippen LogP contribution in [0.3, 0.4) is 0 Å². The van der Waals surface area contributed by atoms with Crippen LogP contribution in [0.1, 0.15) is 45.2 Å². The SMILES string of the molecule is Cc1nc2sc(C(=O)NC3CCc4nc(N5CC(N)C(OC6CC6)C5)ccc4C3)c(N)c2s1. The number of carbonyl (C=O) groups is 1. The van der Waals surface area contributed by atoms with E-state index in [2.05, 4.69) is 27.3 Å². The topological polar surface area (TPSA) is 119 Å². The van der Waals surface area contributed by atoms with E-state index < -0.39 is 0 Å². The quantitative estimate of drug-likeness (QED) is 0.509. The van der Waals surface area contributed by atoms with Gasteiger partial charge in [0.15, 0.2) is 0 Å². The van der Waals surface area contributed by atoms with Gasteiger partial charge in [0, 0.05) is 24.8 Å². The van der Waals surface area contributed by atoms with Gasteiger partial charge in [0.25, 0.3) is 5.91 Å². The zero-order valence-corrected chi connectivity index (χ0v) is 20.2. The van der Waals surface area contributed by atoms with E-state index in [9.17, 15) is 4.79 Å². The third-order valence-electron chi connectivity index (χ3n) is 6.71.